The Bertz CT molecular complexity index is 483. The molecule has 0 aliphatic rings. The average molecular weight is 325 g/mol. The van der Waals surface area contributed by atoms with Gasteiger partial charge in [0.15, 0.2) is 0 Å². The second-order valence-electron chi connectivity index (χ2n) is 4.23. The Balaban J connectivity index is 2.38. The van der Waals surface area contributed by atoms with Gasteiger partial charge in [0.05, 0.1) is 25.5 Å². The first-order valence-corrected chi connectivity index (χ1v) is 6.83. The minimum absolute atomic E-state index is 0.00925. The highest BCUT2D eigenvalue weighted by Crippen LogP contribution is 2.22. The lowest BCUT2D eigenvalue weighted by Crippen LogP contribution is -2.28. The Kier molecular flexibility index (Phi) is 6.37. The maximum absolute atomic E-state index is 11.7. The van der Waals surface area contributed by atoms with E-state index in [-0.39, 0.29) is 5.91 Å². The number of carbonyl (C=O) groups is 1. The third kappa shape index (κ3) is 5.31. The molecule has 0 aliphatic heterocycles. The maximum Gasteiger partial charge on any atom is 0.225 e. The number of amides is 1. The van der Waals surface area contributed by atoms with Crippen LogP contribution in [0.15, 0.2) is 22.7 Å². The molecule has 0 unspecified atom stereocenters. The van der Waals surface area contributed by atoms with E-state index in [2.05, 4.69) is 15.9 Å². The highest BCUT2D eigenvalue weighted by atomic mass is 79.9. The van der Waals surface area contributed by atoms with Gasteiger partial charge in [0.1, 0.15) is 5.75 Å². The zero-order valence-electron chi connectivity index (χ0n) is 11.1. The first-order chi connectivity index (χ1) is 9.04. The van der Waals surface area contributed by atoms with Gasteiger partial charge in [-0.2, -0.15) is 5.26 Å². The SMILES string of the molecule is Cc1cc(Br)ccc1OCCC(=O)N(C)CCC#N. The summed E-state index contributed by atoms with van der Waals surface area (Å²) in [6.07, 6.45) is 0.673. The van der Waals surface area contributed by atoms with Crippen molar-refractivity contribution in [3.8, 4) is 11.8 Å². The van der Waals surface area contributed by atoms with Gasteiger partial charge in [-0.05, 0) is 30.7 Å². The van der Waals surface area contributed by atoms with Crippen LogP contribution in [-0.4, -0.2) is 31.0 Å². The Labute approximate surface area is 122 Å². The monoisotopic (exact) mass is 324 g/mol. The fourth-order valence-corrected chi connectivity index (χ4v) is 2.03. The lowest BCUT2D eigenvalue weighted by atomic mass is 10.2. The van der Waals surface area contributed by atoms with Crippen LogP contribution in [0, 0.1) is 18.3 Å². The van der Waals surface area contributed by atoms with Crippen LogP contribution in [-0.2, 0) is 4.79 Å². The molecule has 0 bridgehead atoms. The molecule has 0 aliphatic carbocycles. The van der Waals surface area contributed by atoms with E-state index in [0.29, 0.717) is 26.0 Å². The van der Waals surface area contributed by atoms with Gasteiger partial charge in [-0.3, -0.25) is 4.79 Å². The van der Waals surface area contributed by atoms with Crippen LogP contribution in [0.1, 0.15) is 18.4 Å². The van der Waals surface area contributed by atoms with Crippen LogP contribution in [0.25, 0.3) is 0 Å². The summed E-state index contributed by atoms with van der Waals surface area (Å²) < 4.78 is 6.59. The molecule has 0 atom stereocenters. The number of hydrogen-bond donors (Lipinski definition) is 0. The number of benzene rings is 1. The van der Waals surface area contributed by atoms with Gasteiger partial charge in [-0.25, -0.2) is 0 Å². The van der Waals surface area contributed by atoms with Crippen LogP contribution >= 0.6 is 15.9 Å². The number of ether oxygens (including phenoxy) is 1. The number of rotatable bonds is 6. The van der Waals surface area contributed by atoms with Gasteiger partial charge in [0, 0.05) is 18.1 Å². The molecule has 1 aromatic carbocycles. The summed E-state index contributed by atoms with van der Waals surface area (Å²) in [5.41, 5.74) is 1.03. The largest absolute Gasteiger partial charge is 0.493 e. The molecule has 102 valence electrons. The van der Waals surface area contributed by atoms with Crippen LogP contribution in [0.2, 0.25) is 0 Å². The molecule has 0 radical (unpaired) electrons. The molecule has 0 N–H and O–H groups in total. The van der Waals surface area contributed by atoms with Gasteiger partial charge >= 0.3 is 0 Å². The van der Waals surface area contributed by atoms with Crippen LogP contribution in [0.4, 0.5) is 0 Å². The van der Waals surface area contributed by atoms with Crippen LogP contribution in [0.3, 0.4) is 0 Å². The topological polar surface area (TPSA) is 53.3 Å². The van der Waals surface area contributed by atoms with E-state index >= 15 is 0 Å². The minimum atomic E-state index is -0.00925. The Hall–Kier alpha value is -1.54. The molecule has 0 spiro atoms. The number of nitrogens with zero attached hydrogens (tertiary/aromatic N) is 2. The molecule has 0 fully saturated rings. The first-order valence-electron chi connectivity index (χ1n) is 6.04. The highest BCUT2D eigenvalue weighted by Gasteiger charge is 2.08. The Morgan fingerprint density at radius 2 is 2.26 bits per heavy atom. The van der Waals surface area contributed by atoms with Gasteiger partial charge < -0.3 is 9.64 Å². The zero-order chi connectivity index (χ0) is 14.3. The molecule has 1 rings (SSSR count). The smallest absolute Gasteiger partial charge is 0.225 e. The lowest BCUT2D eigenvalue weighted by molar-refractivity contribution is -0.130. The van der Waals surface area contributed by atoms with E-state index in [1.165, 1.54) is 0 Å². The highest BCUT2D eigenvalue weighted by molar-refractivity contribution is 9.10. The van der Waals surface area contributed by atoms with E-state index in [1.807, 2.05) is 31.2 Å². The molecule has 0 heterocycles. The van der Waals surface area contributed by atoms with Crippen LogP contribution < -0.4 is 4.74 Å². The predicted octanol–water partition coefficient (Wildman–Crippen LogP) is 2.90. The zero-order valence-corrected chi connectivity index (χ0v) is 12.7. The quantitative estimate of drug-likeness (QED) is 0.808. The molecule has 1 aromatic rings. The van der Waals surface area contributed by atoms with Crippen molar-refractivity contribution in [1.29, 1.82) is 5.26 Å². The van der Waals surface area contributed by atoms with Crippen molar-refractivity contribution < 1.29 is 9.53 Å². The van der Waals surface area contributed by atoms with Crippen molar-refractivity contribution in [2.45, 2.75) is 19.8 Å². The molecule has 0 saturated heterocycles. The normalized spacial score (nSPS) is 9.79. The standard InChI is InChI=1S/C14H17BrN2O2/c1-11-10-12(15)4-5-13(11)19-9-6-14(18)17(2)8-3-7-16/h4-5,10H,3,6,8-9H2,1-2H3. The average Bonchev–Trinajstić information content (AvgIpc) is 2.38. The van der Waals surface area contributed by atoms with Crippen molar-refractivity contribution in [2.75, 3.05) is 20.2 Å². The number of aryl methyl sites for hydroxylation is 1. The minimum Gasteiger partial charge on any atom is -0.493 e. The third-order valence-corrected chi connectivity index (χ3v) is 3.19. The lowest BCUT2D eigenvalue weighted by Gasteiger charge is -2.16. The Morgan fingerprint density at radius 1 is 1.53 bits per heavy atom. The molecular weight excluding hydrogens is 308 g/mol. The number of nitriles is 1. The molecule has 0 saturated carbocycles. The summed E-state index contributed by atoms with van der Waals surface area (Å²) in [4.78, 5) is 13.3. The summed E-state index contributed by atoms with van der Waals surface area (Å²) >= 11 is 3.39. The fraction of sp³-hybridized carbons (Fsp3) is 0.429. The van der Waals surface area contributed by atoms with Crippen molar-refractivity contribution in [2.24, 2.45) is 0 Å². The molecule has 0 aromatic heterocycles. The first kappa shape index (κ1) is 15.5. The van der Waals surface area contributed by atoms with Gasteiger partial charge in [0.25, 0.3) is 0 Å². The van der Waals surface area contributed by atoms with Crippen LogP contribution in [0.5, 0.6) is 5.75 Å². The van der Waals surface area contributed by atoms with Gasteiger partial charge in [-0.15, -0.1) is 0 Å². The Morgan fingerprint density at radius 3 is 2.89 bits per heavy atom. The molecule has 4 nitrogen and oxygen atoms in total. The van der Waals surface area contributed by atoms with E-state index in [4.69, 9.17) is 10.00 Å². The number of hydrogen-bond acceptors (Lipinski definition) is 3. The molecule has 5 heteroatoms. The molecule has 19 heavy (non-hydrogen) atoms. The van der Waals surface area contributed by atoms with E-state index in [0.717, 1.165) is 15.8 Å². The number of halogens is 1. The summed E-state index contributed by atoms with van der Waals surface area (Å²) in [5, 5.41) is 8.46. The summed E-state index contributed by atoms with van der Waals surface area (Å²) in [5.74, 6) is 0.778. The van der Waals surface area contributed by atoms with E-state index < -0.39 is 0 Å². The van der Waals surface area contributed by atoms with Crippen molar-refractivity contribution in [3.63, 3.8) is 0 Å². The van der Waals surface area contributed by atoms with Gasteiger partial charge in [-0.1, -0.05) is 15.9 Å². The molecule has 1 amide bonds. The second kappa shape index (κ2) is 7.80. The van der Waals surface area contributed by atoms with Crippen molar-refractivity contribution in [1.82, 2.24) is 4.90 Å². The second-order valence-corrected chi connectivity index (χ2v) is 5.15. The van der Waals surface area contributed by atoms with E-state index in [1.54, 1.807) is 11.9 Å². The fourth-order valence-electron chi connectivity index (χ4n) is 1.56. The van der Waals surface area contributed by atoms with Gasteiger partial charge in [0.2, 0.25) is 5.91 Å². The number of carbonyl (C=O) groups excluding carboxylic acids is 1. The maximum atomic E-state index is 11.7. The summed E-state index contributed by atoms with van der Waals surface area (Å²) in [6.45, 7) is 2.77. The summed E-state index contributed by atoms with van der Waals surface area (Å²) in [6, 6.07) is 7.77. The summed E-state index contributed by atoms with van der Waals surface area (Å²) in [7, 11) is 1.70. The third-order valence-electron chi connectivity index (χ3n) is 2.70. The van der Waals surface area contributed by atoms with Crippen molar-refractivity contribution >= 4 is 21.8 Å². The predicted molar refractivity (Wildman–Crippen MR) is 76.9 cm³/mol. The van der Waals surface area contributed by atoms with E-state index in [9.17, 15) is 4.79 Å². The van der Waals surface area contributed by atoms with Crippen molar-refractivity contribution in [3.05, 3.63) is 28.2 Å². The molecular formula is C14H17BrN2O2.